The van der Waals surface area contributed by atoms with E-state index in [1.165, 1.54) is 0 Å². The largest absolute Gasteiger partial charge is 0.399 e. The van der Waals surface area contributed by atoms with E-state index in [0.717, 1.165) is 12.8 Å². The minimum Gasteiger partial charge on any atom is -0.399 e. The average molecular weight is 298 g/mol. The second-order valence-corrected chi connectivity index (χ2v) is 7.07. The molecule has 4 nitrogen and oxygen atoms in total. The second kappa shape index (κ2) is 7.09. The van der Waals surface area contributed by atoms with Crippen LogP contribution in [0.3, 0.4) is 0 Å². The van der Waals surface area contributed by atoms with Crippen molar-refractivity contribution in [2.75, 3.05) is 18.8 Å². The van der Waals surface area contributed by atoms with Gasteiger partial charge in [-0.2, -0.15) is 4.31 Å². The number of rotatable bonds is 7. The number of sulfonamides is 1. The summed E-state index contributed by atoms with van der Waals surface area (Å²) in [5.41, 5.74) is 6.98. The van der Waals surface area contributed by atoms with Crippen LogP contribution in [0.4, 0.5) is 5.69 Å². The third-order valence-corrected chi connectivity index (χ3v) is 5.89. The van der Waals surface area contributed by atoms with Gasteiger partial charge in [0.2, 0.25) is 10.0 Å². The van der Waals surface area contributed by atoms with E-state index in [1.54, 1.807) is 29.4 Å². The molecule has 0 aliphatic rings. The number of nitrogen functional groups attached to an aromatic ring is 1. The van der Waals surface area contributed by atoms with Crippen LogP contribution in [-0.2, 0) is 10.0 Å². The third-order valence-electron chi connectivity index (χ3n) is 3.79. The van der Waals surface area contributed by atoms with Crippen molar-refractivity contribution in [1.82, 2.24) is 4.31 Å². The van der Waals surface area contributed by atoms with Crippen LogP contribution in [0.5, 0.6) is 0 Å². The molecule has 1 rings (SSSR count). The van der Waals surface area contributed by atoms with Gasteiger partial charge in [0.25, 0.3) is 0 Å². The van der Waals surface area contributed by atoms with E-state index in [-0.39, 0.29) is 0 Å². The van der Waals surface area contributed by atoms with Gasteiger partial charge in [-0.3, -0.25) is 0 Å². The predicted molar refractivity (Wildman–Crippen MR) is 84.1 cm³/mol. The summed E-state index contributed by atoms with van der Waals surface area (Å²) in [7, 11) is -3.44. The average Bonchev–Trinajstić information content (AvgIpc) is 2.39. The molecule has 0 unspecified atom stereocenters. The van der Waals surface area contributed by atoms with Crippen LogP contribution < -0.4 is 5.73 Å². The molecule has 2 N–H and O–H groups in total. The van der Waals surface area contributed by atoms with Gasteiger partial charge in [-0.25, -0.2) is 8.42 Å². The Hall–Kier alpha value is -1.07. The standard InChI is InChI=1S/C15H26N2O2S/c1-5-13(6-2)11-17(7-3)20(18,19)15-9-8-14(16)10-12(15)4/h8-10,13H,5-7,11,16H2,1-4H3. The molecule has 20 heavy (non-hydrogen) atoms. The zero-order valence-electron chi connectivity index (χ0n) is 12.9. The monoisotopic (exact) mass is 298 g/mol. The fourth-order valence-corrected chi connectivity index (χ4v) is 4.06. The van der Waals surface area contributed by atoms with E-state index in [2.05, 4.69) is 13.8 Å². The Labute approximate surface area is 123 Å². The fraction of sp³-hybridized carbons (Fsp3) is 0.600. The van der Waals surface area contributed by atoms with E-state index < -0.39 is 10.0 Å². The SMILES string of the molecule is CCC(CC)CN(CC)S(=O)(=O)c1ccc(N)cc1C. The van der Waals surface area contributed by atoms with Crippen LogP contribution in [0.15, 0.2) is 23.1 Å². The highest BCUT2D eigenvalue weighted by Gasteiger charge is 2.26. The van der Waals surface area contributed by atoms with E-state index in [4.69, 9.17) is 5.73 Å². The van der Waals surface area contributed by atoms with E-state index in [0.29, 0.717) is 35.2 Å². The Morgan fingerprint density at radius 2 is 1.80 bits per heavy atom. The number of nitrogens with two attached hydrogens (primary N) is 1. The molecule has 0 atom stereocenters. The van der Waals surface area contributed by atoms with E-state index in [1.807, 2.05) is 6.92 Å². The molecule has 1 aromatic carbocycles. The van der Waals surface area contributed by atoms with Crippen LogP contribution in [-0.4, -0.2) is 25.8 Å². The molecule has 114 valence electrons. The first-order chi connectivity index (χ1) is 9.36. The highest BCUT2D eigenvalue weighted by atomic mass is 32.2. The maximum absolute atomic E-state index is 12.7. The van der Waals surface area contributed by atoms with Crippen LogP contribution in [0.2, 0.25) is 0 Å². The Morgan fingerprint density at radius 3 is 2.25 bits per heavy atom. The zero-order valence-corrected chi connectivity index (χ0v) is 13.7. The second-order valence-electron chi connectivity index (χ2n) is 5.16. The molecule has 0 aromatic heterocycles. The lowest BCUT2D eigenvalue weighted by Crippen LogP contribution is -2.35. The summed E-state index contributed by atoms with van der Waals surface area (Å²) in [6, 6.07) is 4.96. The molecular weight excluding hydrogens is 272 g/mol. The summed E-state index contributed by atoms with van der Waals surface area (Å²) in [5, 5.41) is 0. The third kappa shape index (κ3) is 3.73. The summed E-state index contributed by atoms with van der Waals surface area (Å²) >= 11 is 0. The van der Waals surface area contributed by atoms with Crippen molar-refractivity contribution in [3.63, 3.8) is 0 Å². The smallest absolute Gasteiger partial charge is 0.243 e. The normalized spacial score (nSPS) is 12.3. The molecule has 5 heteroatoms. The Kier molecular flexibility index (Phi) is 6.02. The quantitative estimate of drug-likeness (QED) is 0.787. The topological polar surface area (TPSA) is 63.4 Å². The summed E-state index contributed by atoms with van der Waals surface area (Å²) in [6.07, 6.45) is 1.98. The van der Waals surface area contributed by atoms with Crippen molar-refractivity contribution in [3.05, 3.63) is 23.8 Å². The number of anilines is 1. The lowest BCUT2D eigenvalue weighted by Gasteiger charge is -2.25. The van der Waals surface area contributed by atoms with Crippen molar-refractivity contribution in [1.29, 1.82) is 0 Å². The molecular formula is C15H26N2O2S. The highest BCUT2D eigenvalue weighted by molar-refractivity contribution is 7.89. The van der Waals surface area contributed by atoms with Gasteiger partial charge >= 0.3 is 0 Å². The lowest BCUT2D eigenvalue weighted by molar-refractivity contribution is 0.339. The van der Waals surface area contributed by atoms with Crippen molar-refractivity contribution in [2.45, 2.75) is 45.4 Å². The molecule has 0 aliphatic carbocycles. The van der Waals surface area contributed by atoms with Gasteiger partial charge in [-0.15, -0.1) is 0 Å². The van der Waals surface area contributed by atoms with Crippen molar-refractivity contribution in [3.8, 4) is 0 Å². The molecule has 0 saturated carbocycles. The predicted octanol–water partition coefficient (Wildman–Crippen LogP) is 3.02. The number of hydrogen-bond acceptors (Lipinski definition) is 3. The molecule has 0 heterocycles. The first-order valence-electron chi connectivity index (χ1n) is 7.23. The highest BCUT2D eigenvalue weighted by Crippen LogP contribution is 2.23. The maximum Gasteiger partial charge on any atom is 0.243 e. The van der Waals surface area contributed by atoms with Gasteiger partial charge in [0.15, 0.2) is 0 Å². The molecule has 0 aliphatic heterocycles. The molecule has 0 bridgehead atoms. The molecule has 0 radical (unpaired) electrons. The van der Waals surface area contributed by atoms with Gasteiger partial charge in [0.05, 0.1) is 4.90 Å². The first-order valence-corrected chi connectivity index (χ1v) is 8.67. The number of nitrogens with zero attached hydrogens (tertiary/aromatic N) is 1. The van der Waals surface area contributed by atoms with Crippen molar-refractivity contribution in [2.24, 2.45) is 5.92 Å². The number of aryl methyl sites for hydroxylation is 1. The molecule has 0 amide bonds. The molecule has 0 saturated heterocycles. The Balaban J connectivity index is 3.11. The van der Waals surface area contributed by atoms with Crippen LogP contribution in [0.1, 0.15) is 39.2 Å². The fourth-order valence-electron chi connectivity index (χ4n) is 2.33. The van der Waals surface area contributed by atoms with Crippen LogP contribution in [0.25, 0.3) is 0 Å². The number of benzene rings is 1. The number of hydrogen-bond donors (Lipinski definition) is 1. The van der Waals surface area contributed by atoms with Gasteiger partial charge < -0.3 is 5.73 Å². The molecule has 0 spiro atoms. The van der Waals surface area contributed by atoms with Crippen LogP contribution in [0, 0.1) is 12.8 Å². The summed E-state index contributed by atoms with van der Waals surface area (Å²) in [4.78, 5) is 0.361. The van der Waals surface area contributed by atoms with E-state index in [9.17, 15) is 8.42 Å². The Bertz CT molecular complexity index is 537. The van der Waals surface area contributed by atoms with Gasteiger partial charge in [-0.1, -0.05) is 33.6 Å². The van der Waals surface area contributed by atoms with E-state index >= 15 is 0 Å². The van der Waals surface area contributed by atoms with Crippen molar-refractivity contribution < 1.29 is 8.42 Å². The lowest BCUT2D eigenvalue weighted by atomic mass is 10.0. The minimum atomic E-state index is -3.44. The first kappa shape index (κ1) is 17.0. The van der Waals surface area contributed by atoms with Crippen molar-refractivity contribution >= 4 is 15.7 Å². The Morgan fingerprint density at radius 1 is 1.20 bits per heavy atom. The maximum atomic E-state index is 12.7. The summed E-state index contributed by atoms with van der Waals surface area (Å²) < 4.78 is 27.1. The molecule has 1 aromatic rings. The molecule has 0 fully saturated rings. The summed E-state index contributed by atoms with van der Waals surface area (Å²) in [6.45, 7) is 8.94. The van der Waals surface area contributed by atoms with Gasteiger partial charge in [-0.05, 0) is 36.6 Å². The van der Waals surface area contributed by atoms with Gasteiger partial charge in [0.1, 0.15) is 0 Å². The van der Waals surface area contributed by atoms with Gasteiger partial charge in [0, 0.05) is 18.8 Å². The zero-order chi connectivity index (χ0) is 15.3. The van der Waals surface area contributed by atoms with Crippen LogP contribution >= 0.6 is 0 Å². The minimum absolute atomic E-state index is 0.361. The summed E-state index contributed by atoms with van der Waals surface area (Å²) in [5.74, 6) is 0.402.